The molecule has 2 aromatic carbocycles. The van der Waals surface area contributed by atoms with Crippen molar-refractivity contribution in [3.8, 4) is 5.75 Å². The molecule has 0 aliphatic heterocycles. The van der Waals surface area contributed by atoms with E-state index >= 15 is 0 Å². The number of nitrogens with one attached hydrogen (secondary N) is 2. The number of nitrogens with two attached hydrogens (primary N) is 1. The van der Waals surface area contributed by atoms with Crippen LogP contribution in [0.5, 0.6) is 5.75 Å². The summed E-state index contributed by atoms with van der Waals surface area (Å²) in [7, 11) is 0. The van der Waals surface area contributed by atoms with E-state index in [1.54, 1.807) is 18.2 Å². The van der Waals surface area contributed by atoms with Gasteiger partial charge in [-0.2, -0.15) is 0 Å². The molecule has 0 unspecified atom stereocenters. The van der Waals surface area contributed by atoms with Crippen molar-refractivity contribution >= 4 is 29.2 Å². The molecule has 1 amide bonds. The fourth-order valence-corrected chi connectivity index (χ4v) is 5.31. The lowest BCUT2D eigenvalue weighted by molar-refractivity contribution is -0.144. The summed E-state index contributed by atoms with van der Waals surface area (Å²) in [5.74, 6) is -2.99. The third kappa shape index (κ3) is 7.95. The molecule has 1 heterocycles. The first kappa shape index (κ1) is 29.9. The highest BCUT2D eigenvalue weighted by molar-refractivity contribution is 7.14. The van der Waals surface area contributed by atoms with Crippen LogP contribution in [0.4, 0.5) is 4.39 Å². The molecule has 0 fully saturated rings. The van der Waals surface area contributed by atoms with Crippen LogP contribution in [0.1, 0.15) is 52.4 Å². The number of halogens is 1. The highest BCUT2D eigenvalue weighted by Gasteiger charge is 2.38. The normalized spacial score (nSPS) is 12.1. The fraction of sp³-hybridized carbons (Fsp3) is 0.345. The van der Waals surface area contributed by atoms with Gasteiger partial charge in [0.15, 0.2) is 11.6 Å². The van der Waals surface area contributed by atoms with Crippen molar-refractivity contribution < 1.29 is 28.6 Å². The monoisotopic (exact) mass is 555 g/mol. The summed E-state index contributed by atoms with van der Waals surface area (Å²) in [5.41, 5.74) is 6.00. The van der Waals surface area contributed by atoms with Crippen LogP contribution in [0.3, 0.4) is 0 Å². The predicted octanol–water partition coefficient (Wildman–Crippen LogP) is 4.27. The summed E-state index contributed by atoms with van der Waals surface area (Å²) < 4.78 is 19.7. The van der Waals surface area contributed by atoms with E-state index < -0.39 is 29.2 Å². The van der Waals surface area contributed by atoms with Crippen LogP contribution in [0.15, 0.2) is 60.7 Å². The first-order chi connectivity index (χ1) is 18.7. The number of hydrogen-bond donors (Lipinski definition) is 4. The number of carboxylic acids is 1. The van der Waals surface area contributed by atoms with Crippen LogP contribution in [0.2, 0.25) is 0 Å². The lowest BCUT2D eigenvalue weighted by Crippen LogP contribution is -2.50. The van der Waals surface area contributed by atoms with Gasteiger partial charge in [-0.15, -0.1) is 11.3 Å². The molecule has 0 aliphatic rings. The fourth-order valence-electron chi connectivity index (χ4n) is 4.28. The highest BCUT2D eigenvalue weighted by atomic mass is 32.1. The maximum atomic E-state index is 14.4. The molecule has 10 heteroatoms. The van der Waals surface area contributed by atoms with Crippen LogP contribution < -0.4 is 21.1 Å². The maximum Gasteiger partial charge on any atom is 0.353 e. The first-order valence-electron chi connectivity index (χ1n) is 12.8. The number of rotatable bonds is 14. The Morgan fingerprint density at radius 3 is 2.38 bits per heavy atom. The predicted molar refractivity (Wildman–Crippen MR) is 148 cm³/mol. The minimum Gasteiger partial charge on any atom is -0.480 e. The Kier molecular flexibility index (Phi) is 10.7. The van der Waals surface area contributed by atoms with Crippen LogP contribution >= 0.6 is 11.3 Å². The Hall–Kier alpha value is -3.60. The summed E-state index contributed by atoms with van der Waals surface area (Å²) in [6.45, 7) is 4.41. The zero-order valence-corrected chi connectivity index (χ0v) is 22.9. The lowest BCUT2D eigenvalue weighted by Gasteiger charge is -2.31. The topological polar surface area (TPSA) is 131 Å². The highest BCUT2D eigenvalue weighted by Crippen LogP contribution is 2.34. The van der Waals surface area contributed by atoms with Gasteiger partial charge in [0.25, 0.3) is 0 Å². The second kappa shape index (κ2) is 14.0. The van der Waals surface area contributed by atoms with Crippen molar-refractivity contribution in [3.63, 3.8) is 0 Å². The molecule has 208 valence electrons. The van der Waals surface area contributed by atoms with Gasteiger partial charge in [0.2, 0.25) is 5.91 Å². The zero-order valence-electron chi connectivity index (χ0n) is 22.0. The van der Waals surface area contributed by atoms with E-state index in [0.29, 0.717) is 31.4 Å². The van der Waals surface area contributed by atoms with Gasteiger partial charge in [-0.05, 0) is 54.7 Å². The van der Waals surface area contributed by atoms with Crippen molar-refractivity contribution in [2.75, 3.05) is 6.67 Å². The van der Waals surface area contributed by atoms with E-state index in [1.165, 1.54) is 23.5 Å². The van der Waals surface area contributed by atoms with Crippen molar-refractivity contribution in [3.05, 3.63) is 87.4 Å². The molecule has 0 aliphatic carbocycles. The number of carbonyl (C=O) groups excluding carboxylic acids is 2. The molecule has 0 saturated carbocycles. The van der Waals surface area contributed by atoms with Gasteiger partial charge in [-0.3, -0.25) is 4.79 Å². The number of hydrogen-bond acceptors (Lipinski definition) is 7. The van der Waals surface area contributed by atoms with E-state index in [9.17, 15) is 23.9 Å². The molecule has 3 aromatic rings. The second-order valence-corrected chi connectivity index (χ2v) is 10.4. The number of benzene rings is 2. The first-order valence-corrected chi connectivity index (χ1v) is 13.6. The number of aliphatic carboxylic acids is 1. The Morgan fingerprint density at radius 2 is 1.77 bits per heavy atom. The van der Waals surface area contributed by atoms with Gasteiger partial charge >= 0.3 is 11.9 Å². The minimum absolute atomic E-state index is 0.168. The van der Waals surface area contributed by atoms with Gasteiger partial charge in [0.1, 0.15) is 10.9 Å². The molecule has 0 spiro atoms. The van der Waals surface area contributed by atoms with E-state index in [1.807, 2.05) is 44.2 Å². The zero-order chi connectivity index (χ0) is 28.4. The quantitative estimate of drug-likeness (QED) is 0.133. The Bertz CT molecular complexity index is 1280. The van der Waals surface area contributed by atoms with Crippen LogP contribution in [0, 0.1) is 11.2 Å². The smallest absolute Gasteiger partial charge is 0.353 e. The number of carbonyl (C=O) groups is 3. The molecule has 1 aromatic heterocycles. The molecule has 8 nitrogen and oxygen atoms in total. The average molecular weight is 556 g/mol. The van der Waals surface area contributed by atoms with Crippen molar-refractivity contribution in [2.45, 2.75) is 52.1 Å². The Morgan fingerprint density at radius 1 is 1.05 bits per heavy atom. The van der Waals surface area contributed by atoms with Crippen molar-refractivity contribution in [2.24, 2.45) is 11.1 Å². The molecular formula is C29H34FN3O5S. The van der Waals surface area contributed by atoms with E-state index in [-0.39, 0.29) is 29.6 Å². The largest absolute Gasteiger partial charge is 0.480 e. The molecule has 3 rings (SSSR count). The van der Waals surface area contributed by atoms with Crippen LogP contribution in [-0.4, -0.2) is 35.7 Å². The minimum atomic E-state index is -1.11. The molecular weight excluding hydrogens is 521 g/mol. The number of amides is 1. The molecule has 0 saturated heterocycles. The van der Waals surface area contributed by atoms with Gasteiger partial charge < -0.3 is 26.2 Å². The number of thiophene rings is 1. The average Bonchev–Trinajstić information content (AvgIpc) is 3.40. The molecule has 0 bridgehead atoms. The van der Waals surface area contributed by atoms with Crippen LogP contribution in [-0.2, 0) is 29.0 Å². The number of esters is 1. The SMILES string of the molecule is CCC(CC)(Cc1ccc(C(=O)Oc2ccc(CNCN)cc2F)s1)C(=O)N[C@@H](Cc1ccccc1)C(=O)O. The third-order valence-corrected chi connectivity index (χ3v) is 7.83. The Labute approximate surface area is 231 Å². The van der Waals surface area contributed by atoms with E-state index in [4.69, 9.17) is 10.5 Å². The number of carboxylic acid groups (broad SMARTS) is 1. The molecule has 39 heavy (non-hydrogen) atoms. The molecule has 1 atom stereocenters. The second-order valence-electron chi connectivity index (χ2n) is 9.27. The lowest BCUT2D eigenvalue weighted by atomic mass is 9.77. The van der Waals surface area contributed by atoms with E-state index in [0.717, 1.165) is 10.4 Å². The molecule has 5 N–H and O–H groups in total. The van der Waals surface area contributed by atoms with Gasteiger partial charge in [0.05, 0.1) is 5.41 Å². The summed E-state index contributed by atoms with van der Waals surface area (Å²) >= 11 is 1.17. The maximum absolute atomic E-state index is 14.4. The summed E-state index contributed by atoms with van der Waals surface area (Å²) in [4.78, 5) is 39.1. The van der Waals surface area contributed by atoms with Gasteiger partial charge in [0, 0.05) is 24.5 Å². The Balaban J connectivity index is 1.70. The van der Waals surface area contributed by atoms with Crippen molar-refractivity contribution in [1.29, 1.82) is 0 Å². The van der Waals surface area contributed by atoms with Gasteiger partial charge in [-0.1, -0.05) is 50.2 Å². The molecule has 0 radical (unpaired) electrons. The summed E-state index contributed by atoms with van der Waals surface area (Å²) in [6.07, 6.45) is 1.43. The standard InChI is InChI=1S/C29H34FN3O5S/c1-3-29(4-2,28(37)33-23(26(34)35)15-19-8-6-5-7-9-19)16-21-11-13-25(39-21)27(36)38-24-12-10-20(14-22(24)30)17-32-18-31/h5-14,23,32H,3-4,15-18,31H2,1-2H3,(H,33,37)(H,34,35)/t23-/m0/s1. The van der Waals surface area contributed by atoms with E-state index in [2.05, 4.69) is 10.6 Å². The number of ether oxygens (including phenoxy) is 1. The van der Waals surface area contributed by atoms with Crippen LogP contribution in [0.25, 0.3) is 0 Å². The summed E-state index contributed by atoms with van der Waals surface area (Å²) in [6, 6.07) is 15.7. The third-order valence-electron chi connectivity index (χ3n) is 6.77. The van der Waals surface area contributed by atoms with Gasteiger partial charge in [-0.25, -0.2) is 14.0 Å². The summed E-state index contributed by atoms with van der Waals surface area (Å²) in [5, 5.41) is 15.4. The van der Waals surface area contributed by atoms with Crippen molar-refractivity contribution in [1.82, 2.24) is 10.6 Å².